The van der Waals surface area contributed by atoms with Crippen LogP contribution in [0, 0.1) is 0 Å². The topological polar surface area (TPSA) is 44.3 Å². The van der Waals surface area contributed by atoms with Crippen molar-refractivity contribution in [1.82, 2.24) is 10.6 Å². The van der Waals surface area contributed by atoms with Gasteiger partial charge in [0.15, 0.2) is 0 Å². The lowest BCUT2D eigenvalue weighted by atomic mass is 9.99. The Kier molecular flexibility index (Phi) is 11.3. The predicted molar refractivity (Wildman–Crippen MR) is 109 cm³/mol. The number of halogens is 2. The summed E-state index contributed by atoms with van der Waals surface area (Å²) in [5.41, 5.74) is 1.40. The Morgan fingerprint density at radius 2 is 1.67 bits per heavy atom. The third-order valence-electron chi connectivity index (χ3n) is 3.84. The number of hydrogen-bond acceptors (Lipinski definition) is 3. The van der Waals surface area contributed by atoms with Crippen molar-refractivity contribution in [2.75, 3.05) is 13.1 Å². The molecule has 1 heterocycles. The quantitative estimate of drug-likeness (QED) is 0.760. The van der Waals surface area contributed by atoms with Crippen LogP contribution in [-0.2, 0) is 0 Å². The minimum atomic E-state index is -0.167. The zero-order chi connectivity index (χ0) is 15.9. The molecule has 1 aliphatic rings. The highest BCUT2D eigenvalue weighted by Crippen LogP contribution is 2.24. The van der Waals surface area contributed by atoms with Gasteiger partial charge in [0.2, 0.25) is 0 Å². The number of aliphatic hydroxyl groups is 1. The molecule has 136 valence electrons. The Bertz CT molecular complexity index is 578. The van der Waals surface area contributed by atoms with E-state index in [0.717, 1.165) is 13.1 Å². The average molecular weight is 373 g/mol. The Hall–Kier alpha value is -0.840. The highest BCUT2D eigenvalue weighted by atomic mass is 35.5. The van der Waals surface area contributed by atoms with Gasteiger partial charge < -0.3 is 15.7 Å². The number of benzene rings is 2. The van der Waals surface area contributed by atoms with Gasteiger partial charge >= 0.3 is 0 Å². The van der Waals surface area contributed by atoms with Crippen LogP contribution in [0.3, 0.4) is 0 Å². The Morgan fingerprint density at radius 3 is 2.29 bits per heavy atom. The second kappa shape index (κ2) is 11.7. The molecule has 0 bridgehead atoms. The number of fused-ring (bicyclic) bond motifs is 1. The first-order chi connectivity index (χ1) is 10.6. The molecule has 5 heteroatoms. The van der Waals surface area contributed by atoms with Crippen molar-refractivity contribution in [2.24, 2.45) is 0 Å². The van der Waals surface area contributed by atoms with Crippen molar-refractivity contribution >= 4 is 35.6 Å². The molecule has 1 aliphatic heterocycles. The highest BCUT2D eigenvalue weighted by molar-refractivity contribution is 5.86. The first-order valence-electron chi connectivity index (χ1n) is 8.20. The van der Waals surface area contributed by atoms with E-state index in [0.29, 0.717) is 12.1 Å². The molecule has 0 saturated carbocycles. The largest absolute Gasteiger partial charge is 0.394 e. The lowest BCUT2D eigenvalue weighted by molar-refractivity contribution is 0.216. The van der Waals surface area contributed by atoms with Crippen LogP contribution in [0.1, 0.15) is 38.8 Å². The average Bonchev–Trinajstić information content (AvgIpc) is 2.99. The van der Waals surface area contributed by atoms with E-state index in [1.807, 2.05) is 0 Å². The standard InChI is InChI=1S/C16H20N2.C3H8O.2ClH/c1-12(18-14-9-10-17-11-14)15-8-4-6-13-5-2-3-7-16(13)15;1-3(2)4;;/h2-8,12,14,17-18H,9-11H2,1H3;3-4H,1-2H3;2*1H/t12-,14+;;;/m1.../s1. The van der Waals surface area contributed by atoms with E-state index in [-0.39, 0.29) is 30.9 Å². The minimum Gasteiger partial charge on any atom is -0.394 e. The number of rotatable bonds is 3. The molecule has 2 aromatic rings. The molecule has 0 aliphatic carbocycles. The van der Waals surface area contributed by atoms with Crippen LogP contribution in [-0.4, -0.2) is 30.3 Å². The third kappa shape index (κ3) is 6.96. The van der Waals surface area contributed by atoms with Gasteiger partial charge in [0.05, 0.1) is 0 Å². The van der Waals surface area contributed by atoms with Crippen LogP contribution < -0.4 is 10.6 Å². The summed E-state index contributed by atoms with van der Waals surface area (Å²) in [7, 11) is 0. The second-order valence-corrected chi connectivity index (χ2v) is 6.24. The molecule has 0 unspecified atom stereocenters. The molecule has 24 heavy (non-hydrogen) atoms. The summed E-state index contributed by atoms with van der Waals surface area (Å²) in [4.78, 5) is 0. The van der Waals surface area contributed by atoms with Crippen molar-refractivity contribution in [2.45, 2.75) is 45.4 Å². The van der Waals surface area contributed by atoms with Crippen LogP contribution >= 0.6 is 24.8 Å². The zero-order valence-corrected chi connectivity index (χ0v) is 16.3. The fourth-order valence-electron chi connectivity index (χ4n) is 2.87. The number of hydrogen-bond donors (Lipinski definition) is 3. The summed E-state index contributed by atoms with van der Waals surface area (Å²) in [6.07, 6.45) is 1.06. The smallest absolute Gasteiger partial charge is 0.0483 e. The zero-order valence-electron chi connectivity index (χ0n) is 14.7. The third-order valence-corrected chi connectivity index (χ3v) is 3.84. The Balaban J connectivity index is 0.000000801. The highest BCUT2D eigenvalue weighted by Gasteiger charge is 2.17. The maximum atomic E-state index is 8.06. The Labute approximate surface area is 158 Å². The maximum absolute atomic E-state index is 8.06. The van der Waals surface area contributed by atoms with Gasteiger partial charge in [-0.15, -0.1) is 24.8 Å². The van der Waals surface area contributed by atoms with Gasteiger partial charge in [0.1, 0.15) is 0 Å². The van der Waals surface area contributed by atoms with Gasteiger partial charge in [-0.25, -0.2) is 0 Å². The van der Waals surface area contributed by atoms with Crippen molar-refractivity contribution in [3.05, 3.63) is 48.0 Å². The molecule has 0 radical (unpaired) electrons. The van der Waals surface area contributed by atoms with E-state index < -0.39 is 0 Å². The summed E-state index contributed by atoms with van der Waals surface area (Å²) < 4.78 is 0. The second-order valence-electron chi connectivity index (χ2n) is 6.24. The van der Waals surface area contributed by atoms with Gasteiger partial charge in [-0.3, -0.25) is 0 Å². The monoisotopic (exact) mass is 372 g/mol. The van der Waals surface area contributed by atoms with E-state index in [1.54, 1.807) is 13.8 Å². The van der Waals surface area contributed by atoms with E-state index in [9.17, 15) is 0 Å². The molecule has 3 nitrogen and oxygen atoms in total. The van der Waals surface area contributed by atoms with Gasteiger partial charge in [-0.2, -0.15) is 0 Å². The molecular formula is C19H30Cl2N2O. The van der Waals surface area contributed by atoms with Crippen molar-refractivity contribution in [3.8, 4) is 0 Å². The summed E-state index contributed by atoms with van der Waals surface area (Å²) in [6.45, 7) is 7.94. The summed E-state index contributed by atoms with van der Waals surface area (Å²) >= 11 is 0. The molecule has 0 aromatic heterocycles. The predicted octanol–water partition coefficient (Wildman–Crippen LogP) is 4.08. The molecule has 0 spiro atoms. The summed E-state index contributed by atoms with van der Waals surface area (Å²) in [5, 5.41) is 17.9. The first kappa shape index (κ1) is 23.2. The van der Waals surface area contributed by atoms with E-state index >= 15 is 0 Å². The van der Waals surface area contributed by atoms with E-state index in [2.05, 4.69) is 60.0 Å². The van der Waals surface area contributed by atoms with Gasteiger partial charge in [0.25, 0.3) is 0 Å². The lowest BCUT2D eigenvalue weighted by Gasteiger charge is -2.20. The van der Waals surface area contributed by atoms with Gasteiger partial charge in [-0.1, -0.05) is 42.5 Å². The molecule has 3 N–H and O–H groups in total. The van der Waals surface area contributed by atoms with Gasteiger partial charge in [0, 0.05) is 24.7 Å². The Morgan fingerprint density at radius 1 is 1.04 bits per heavy atom. The maximum Gasteiger partial charge on any atom is 0.0483 e. The molecule has 2 atom stereocenters. The fourth-order valence-corrected chi connectivity index (χ4v) is 2.87. The van der Waals surface area contributed by atoms with Gasteiger partial charge in [-0.05, 0) is 50.1 Å². The fraction of sp³-hybridized carbons (Fsp3) is 0.474. The van der Waals surface area contributed by atoms with Crippen LogP contribution in [0.25, 0.3) is 10.8 Å². The van der Waals surface area contributed by atoms with Crippen molar-refractivity contribution in [1.29, 1.82) is 0 Å². The van der Waals surface area contributed by atoms with E-state index in [1.165, 1.54) is 22.8 Å². The summed E-state index contributed by atoms with van der Waals surface area (Å²) in [5.74, 6) is 0. The van der Waals surface area contributed by atoms with E-state index in [4.69, 9.17) is 5.11 Å². The lowest BCUT2D eigenvalue weighted by Crippen LogP contribution is -2.33. The molecular weight excluding hydrogens is 343 g/mol. The SMILES string of the molecule is CC(C)O.C[C@@H](N[C@H]1CCNC1)c1cccc2ccccc12.Cl.Cl. The molecule has 1 fully saturated rings. The molecule has 3 rings (SSSR count). The molecule has 2 aromatic carbocycles. The minimum absolute atomic E-state index is 0. The number of nitrogens with one attached hydrogen (secondary N) is 2. The van der Waals surface area contributed by atoms with Crippen LogP contribution in [0.15, 0.2) is 42.5 Å². The molecule has 0 amide bonds. The van der Waals surface area contributed by atoms with Crippen LogP contribution in [0.5, 0.6) is 0 Å². The first-order valence-corrected chi connectivity index (χ1v) is 8.20. The van der Waals surface area contributed by atoms with Crippen LogP contribution in [0.4, 0.5) is 0 Å². The summed E-state index contributed by atoms with van der Waals surface area (Å²) in [6, 6.07) is 16.2. The van der Waals surface area contributed by atoms with Crippen LogP contribution in [0.2, 0.25) is 0 Å². The number of aliphatic hydroxyl groups excluding tert-OH is 1. The van der Waals surface area contributed by atoms with Crippen molar-refractivity contribution < 1.29 is 5.11 Å². The van der Waals surface area contributed by atoms with Crippen molar-refractivity contribution in [3.63, 3.8) is 0 Å². The molecule has 1 saturated heterocycles. The normalized spacial score (nSPS) is 17.5.